The molecule has 0 atom stereocenters. The largest absolute Gasteiger partial charge is 0.306 e. The van der Waals surface area contributed by atoms with Gasteiger partial charge >= 0.3 is 0 Å². The number of hydrogen-bond donors (Lipinski definition) is 1. The van der Waals surface area contributed by atoms with E-state index in [0.29, 0.717) is 0 Å². The molecule has 11 heavy (non-hydrogen) atoms. The monoisotopic (exact) mass is 153 g/mol. The molecule has 0 saturated heterocycles. The number of nitrogens with zero attached hydrogens (tertiary/aromatic N) is 2. The Morgan fingerprint density at radius 1 is 1.64 bits per heavy atom. The van der Waals surface area contributed by atoms with Crippen LogP contribution < -0.4 is 0 Å². The summed E-state index contributed by atoms with van der Waals surface area (Å²) in [5.74, 6) is 0. The van der Waals surface area contributed by atoms with Gasteiger partial charge in [-0.25, -0.2) is 0 Å². The molecule has 62 valence electrons. The number of aromatic amines is 1. The summed E-state index contributed by atoms with van der Waals surface area (Å²) in [7, 11) is 2.13. The minimum atomic E-state index is 1.08. The van der Waals surface area contributed by atoms with E-state index in [1.54, 1.807) is 0 Å². The number of nitrogens with one attached hydrogen (secondary N) is 1. The molecule has 0 aliphatic carbocycles. The number of likely N-dealkylation sites (N-methyl/N-ethyl adjacent to an activating group) is 1. The summed E-state index contributed by atoms with van der Waals surface area (Å²) in [4.78, 5) is 2.28. The van der Waals surface area contributed by atoms with Gasteiger partial charge in [-0.3, -0.25) is 5.10 Å². The van der Waals surface area contributed by atoms with Gasteiger partial charge in [0.15, 0.2) is 0 Å². The van der Waals surface area contributed by atoms with Crippen molar-refractivity contribution in [2.45, 2.75) is 13.3 Å². The number of H-pyrrole nitrogens is 1. The van der Waals surface area contributed by atoms with Crippen LogP contribution in [0.5, 0.6) is 0 Å². The van der Waals surface area contributed by atoms with Crippen LogP contribution in [0.3, 0.4) is 0 Å². The Hall–Kier alpha value is -0.830. The van der Waals surface area contributed by atoms with Gasteiger partial charge in [-0.1, -0.05) is 6.92 Å². The van der Waals surface area contributed by atoms with Crippen LogP contribution >= 0.6 is 0 Å². The zero-order valence-corrected chi connectivity index (χ0v) is 7.17. The Bertz CT molecular complexity index is 181. The number of rotatable bonds is 4. The fourth-order valence-corrected chi connectivity index (χ4v) is 0.892. The van der Waals surface area contributed by atoms with Crippen LogP contribution in [0.2, 0.25) is 0 Å². The van der Waals surface area contributed by atoms with E-state index in [2.05, 4.69) is 29.1 Å². The Morgan fingerprint density at radius 2 is 2.45 bits per heavy atom. The van der Waals surface area contributed by atoms with Gasteiger partial charge < -0.3 is 4.90 Å². The van der Waals surface area contributed by atoms with Gasteiger partial charge in [0.1, 0.15) is 0 Å². The molecule has 1 rings (SSSR count). The highest BCUT2D eigenvalue weighted by Crippen LogP contribution is 1.95. The van der Waals surface area contributed by atoms with E-state index in [0.717, 1.165) is 19.5 Å². The Labute approximate surface area is 67.4 Å². The van der Waals surface area contributed by atoms with Crippen molar-refractivity contribution in [2.75, 3.05) is 20.1 Å². The standard InChI is InChI=1S/C8H15N3/c1-3-11(2)5-4-8-6-9-10-7-8/h6-7H,3-5H2,1-2H3,(H,9,10). The lowest BCUT2D eigenvalue weighted by atomic mass is 10.2. The van der Waals surface area contributed by atoms with Gasteiger partial charge in [-0.05, 0) is 25.6 Å². The summed E-state index contributed by atoms with van der Waals surface area (Å²) < 4.78 is 0. The van der Waals surface area contributed by atoms with Crippen molar-refractivity contribution in [1.29, 1.82) is 0 Å². The second-order valence-electron chi connectivity index (χ2n) is 2.75. The fraction of sp³-hybridized carbons (Fsp3) is 0.625. The van der Waals surface area contributed by atoms with E-state index >= 15 is 0 Å². The molecular weight excluding hydrogens is 138 g/mol. The molecule has 0 aliphatic heterocycles. The van der Waals surface area contributed by atoms with E-state index in [1.165, 1.54) is 5.56 Å². The molecule has 0 aromatic carbocycles. The maximum atomic E-state index is 3.88. The normalized spacial score (nSPS) is 10.8. The maximum absolute atomic E-state index is 3.88. The average molecular weight is 153 g/mol. The van der Waals surface area contributed by atoms with Crippen molar-refractivity contribution in [2.24, 2.45) is 0 Å². The topological polar surface area (TPSA) is 31.9 Å². The molecule has 0 amide bonds. The summed E-state index contributed by atoms with van der Waals surface area (Å²) >= 11 is 0. The van der Waals surface area contributed by atoms with E-state index in [9.17, 15) is 0 Å². The predicted molar refractivity (Wildman–Crippen MR) is 45.5 cm³/mol. The molecule has 1 aromatic heterocycles. The molecule has 0 aliphatic rings. The first kappa shape index (κ1) is 8.27. The van der Waals surface area contributed by atoms with Crippen molar-refractivity contribution in [3.63, 3.8) is 0 Å². The first-order valence-corrected chi connectivity index (χ1v) is 3.99. The zero-order valence-electron chi connectivity index (χ0n) is 7.17. The van der Waals surface area contributed by atoms with Crippen molar-refractivity contribution in [3.05, 3.63) is 18.0 Å². The Kier molecular flexibility index (Phi) is 3.11. The average Bonchev–Trinajstić information content (AvgIpc) is 2.52. The molecule has 0 spiro atoms. The molecule has 0 radical (unpaired) electrons. The molecule has 0 fully saturated rings. The highest BCUT2D eigenvalue weighted by Gasteiger charge is 1.96. The SMILES string of the molecule is CCN(C)CCc1cn[nH]c1. The van der Waals surface area contributed by atoms with Gasteiger partial charge in [0.2, 0.25) is 0 Å². The lowest BCUT2D eigenvalue weighted by molar-refractivity contribution is 0.357. The van der Waals surface area contributed by atoms with Crippen molar-refractivity contribution < 1.29 is 0 Å². The first-order valence-electron chi connectivity index (χ1n) is 3.99. The minimum absolute atomic E-state index is 1.08. The van der Waals surface area contributed by atoms with Crippen LogP contribution in [0, 0.1) is 0 Å². The first-order chi connectivity index (χ1) is 5.33. The number of aromatic nitrogens is 2. The second-order valence-corrected chi connectivity index (χ2v) is 2.75. The van der Waals surface area contributed by atoms with Crippen LogP contribution in [0.25, 0.3) is 0 Å². The third kappa shape index (κ3) is 2.72. The molecule has 1 heterocycles. The van der Waals surface area contributed by atoms with E-state index in [-0.39, 0.29) is 0 Å². The summed E-state index contributed by atoms with van der Waals surface area (Å²) in [6.07, 6.45) is 4.91. The third-order valence-corrected chi connectivity index (χ3v) is 1.88. The molecule has 0 bridgehead atoms. The second kappa shape index (κ2) is 4.13. The van der Waals surface area contributed by atoms with Gasteiger partial charge in [-0.15, -0.1) is 0 Å². The van der Waals surface area contributed by atoms with Crippen LogP contribution in [0.15, 0.2) is 12.4 Å². The zero-order chi connectivity index (χ0) is 8.10. The summed E-state index contributed by atoms with van der Waals surface area (Å²) in [5.41, 5.74) is 1.28. The van der Waals surface area contributed by atoms with E-state index in [1.807, 2.05) is 12.4 Å². The van der Waals surface area contributed by atoms with Crippen molar-refractivity contribution in [1.82, 2.24) is 15.1 Å². The van der Waals surface area contributed by atoms with Gasteiger partial charge in [0.05, 0.1) is 6.20 Å². The lowest BCUT2D eigenvalue weighted by Crippen LogP contribution is -2.20. The molecule has 1 aromatic rings. The predicted octanol–water partition coefficient (Wildman–Crippen LogP) is 0.904. The van der Waals surface area contributed by atoms with Gasteiger partial charge in [-0.2, -0.15) is 5.10 Å². The molecule has 3 heteroatoms. The third-order valence-electron chi connectivity index (χ3n) is 1.88. The van der Waals surface area contributed by atoms with Crippen LogP contribution in [-0.2, 0) is 6.42 Å². The minimum Gasteiger partial charge on any atom is -0.306 e. The Balaban J connectivity index is 2.23. The Morgan fingerprint density at radius 3 is 3.00 bits per heavy atom. The fourth-order valence-electron chi connectivity index (χ4n) is 0.892. The molecular formula is C8H15N3. The van der Waals surface area contributed by atoms with E-state index < -0.39 is 0 Å². The molecule has 0 unspecified atom stereocenters. The maximum Gasteiger partial charge on any atom is 0.0519 e. The lowest BCUT2D eigenvalue weighted by Gasteiger charge is -2.11. The molecule has 3 nitrogen and oxygen atoms in total. The van der Waals surface area contributed by atoms with Gasteiger partial charge in [0.25, 0.3) is 0 Å². The highest BCUT2D eigenvalue weighted by atomic mass is 15.1. The highest BCUT2D eigenvalue weighted by molar-refractivity contribution is 5.02. The van der Waals surface area contributed by atoms with Crippen LogP contribution in [-0.4, -0.2) is 35.2 Å². The summed E-state index contributed by atoms with van der Waals surface area (Å²) in [6.45, 7) is 4.38. The van der Waals surface area contributed by atoms with Gasteiger partial charge in [0, 0.05) is 12.7 Å². The van der Waals surface area contributed by atoms with Crippen molar-refractivity contribution >= 4 is 0 Å². The van der Waals surface area contributed by atoms with Crippen molar-refractivity contribution in [3.8, 4) is 0 Å². The summed E-state index contributed by atoms with van der Waals surface area (Å²) in [5, 5.41) is 6.69. The number of hydrogen-bond acceptors (Lipinski definition) is 2. The molecule has 1 N–H and O–H groups in total. The summed E-state index contributed by atoms with van der Waals surface area (Å²) in [6, 6.07) is 0. The smallest absolute Gasteiger partial charge is 0.0519 e. The quantitative estimate of drug-likeness (QED) is 0.697. The molecule has 0 saturated carbocycles. The van der Waals surface area contributed by atoms with Crippen LogP contribution in [0.4, 0.5) is 0 Å². The van der Waals surface area contributed by atoms with E-state index in [4.69, 9.17) is 0 Å². The van der Waals surface area contributed by atoms with Crippen LogP contribution in [0.1, 0.15) is 12.5 Å².